The van der Waals surface area contributed by atoms with E-state index in [0.717, 1.165) is 12.0 Å². The van der Waals surface area contributed by atoms with Crippen LogP contribution in [0.2, 0.25) is 0 Å². The van der Waals surface area contributed by atoms with Crippen LogP contribution in [-0.2, 0) is 21.2 Å². The standard InChI is InChI=1S/C15H19N3O3S/c1-2-13-3-5-14(6-4-13)22(20,21)18-11-9-17(10-12-18)15(19)7-8-16/h3-6H,2,7,9-12H2,1H3. The van der Waals surface area contributed by atoms with E-state index in [1.54, 1.807) is 12.1 Å². The summed E-state index contributed by atoms with van der Waals surface area (Å²) in [6.45, 7) is 3.19. The molecule has 0 aliphatic carbocycles. The lowest BCUT2D eigenvalue weighted by Crippen LogP contribution is -2.50. The van der Waals surface area contributed by atoms with Gasteiger partial charge in [0.1, 0.15) is 6.42 Å². The topological polar surface area (TPSA) is 81.5 Å². The van der Waals surface area contributed by atoms with Gasteiger partial charge in [-0.3, -0.25) is 4.79 Å². The van der Waals surface area contributed by atoms with Crippen LogP contribution in [0.25, 0.3) is 0 Å². The van der Waals surface area contributed by atoms with Crippen molar-refractivity contribution in [3.05, 3.63) is 29.8 Å². The van der Waals surface area contributed by atoms with Crippen LogP contribution in [0.1, 0.15) is 18.9 Å². The molecule has 1 aromatic carbocycles. The Balaban J connectivity index is 2.06. The zero-order valence-corrected chi connectivity index (χ0v) is 13.3. The number of carbonyl (C=O) groups is 1. The second-order valence-corrected chi connectivity index (χ2v) is 7.06. The molecule has 2 rings (SSSR count). The highest BCUT2D eigenvalue weighted by atomic mass is 32.2. The number of hydrogen-bond acceptors (Lipinski definition) is 4. The van der Waals surface area contributed by atoms with Crippen molar-refractivity contribution in [2.24, 2.45) is 0 Å². The molecule has 0 saturated carbocycles. The normalized spacial score (nSPS) is 16.3. The smallest absolute Gasteiger partial charge is 0.243 e. The monoisotopic (exact) mass is 321 g/mol. The zero-order valence-electron chi connectivity index (χ0n) is 12.5. The number of benzene rings is 1. The van der Waals surface area contributed by atoms with E-state index < -0.39 is 10.0 Å². The van der Waals surface area contributed by atoms with Crippen LogP contribution in [0.3, 0.4) is 0 Å². The summed E-state index contributed by atoms with van der Waals surface area (Å²) < 4.78 is 26.5. The van der Waals surface area contributed by atoms with Crippen molar-refractivity contribution >= 4 is 15.9 Å². The van der Waals surface area contributed by atoms with Crippen LogP contribution in [0.15, 0.2) is 29.2 Å². The van der Waals surface area contributed by atoms with Crippen molar-refractivity contribution < 1.29 is 13.2 Å². The van der Waals surface area contributed by atoms with E-state index in [0.29, 0.717) is 13.1 Å². The lowest BCUT2D eigenvalue weighted by molar-refractivity contribution is -0.131. The van der Waals surface area contributed by atoms with E-state index in [1.165, 1.54) is 9.21 Å². The number of sulfonamides is 1. The van der Waals surface area contributed by atoms with E-state index in [2.05, 4.69) is 0 Å². The fraction of sp³-hybridized carbons (Fsp3) is 0.467. The van der Waals surface area contributed by atoms with Crippen molar-refractivity contribution in [2.45, 2.75) is 24.7 Å². The third kappa shape index (κ3) is 3.46. The van der Waals surface area contributed by atoms with Crippen LogP contribution >= 0.6 is 0 Å². The van der Waals surface area contributed by atoms with Gasteiger partial charge < -0.3 is 4.90 Å². The predicted molar refractivity (Wildman–Crippen MR) is 81.4 cm³/mol. The molecule has 1 saturated heterocycles. The minimum Gasteiger partial charge on any atom is -0.339 e. The Morgan fingerprint density at radius 2 is 1.77 bits per heavy atom. The summed E-state index contributed by atoms with van der Waals surface area (Å²) in [6.07, 6.45) is 0.700. The van der Waals surface area contributed by atoms with Crippen molar-refractivity contribution in [3.8, 4) is 6.07 Å². The molecular weight excluding hydrogens is 302 g/mol. The molecule has 0 aromatic heterocycles. The number of carbonyl (C=O) groups excluding carboxylic acids is 1. The van der Waals surface area contributed by atoms with Gasteiger partial charge in [-0.1, -0.05) is 19.1 Å². The van der Waals surface area contributed by atoms with Gasteiger partial charge in [0.2, 0.25) is 15.9 Å². The summed E-state index contributed by atoms with van der Waals surface area (Å²) >= 11 is 0. The third-order valence-electron chi connectivity index (χ3n) is 3.79. The van der Waals surface area contributed by atoms with Gasteiger partial charge in [0.25, 0.3) is 0 Å². The molecule has 1 fully saturated rings. The van der Waals surface area contributed by atoms with Crippen LogP contribution in [0, 0.1) is 11.3 Å². The molecule has 6 nitrogen and oxygen atoms in total. The highest BCUT2D eigenvalue weighted by Gasteiger charge is 2.29. The van der Waals surface area contributed by atoms with Gasteiger partial charge in [0.15, 0.2) is 0 Å². The molecule has 1 aliphatic heterocycles. The molecule has 0 unspecified atom stereocenters. The SMILES string of the molecule is CCc1ccc(S(=O)(=O)N2CCN(C(=O)CC#N)CC2)cc1. The number of rotatable bonds is 4. The van der Waals surface area contributed by atoms with Crippen LogP contribution in [0.4, 0.5) is 0 Å². The van der Waals surface area contributed by atoms with Gasteiger partial charge in [-0.2, -0.15) is 9.57 Å². The number of piperazine rings is 1. The van der Waals surface area contributed by atoms with E-state index >= 15 is 0 Å². The van der Waals surface area contributed by atoms with Crippen molar-refractivity contribution in [2.75, 3.05) is 26.2 Å². The molecule has 1 aliphatic rings. The molecular formula is C15H19N3O3S. The highest BCUT2D eigenvalue weighted by molar-refractivity contribution is 7.89. The first kappa shape index (κ1) is 16.5. The Bertz CT molecular complexity index is 669. The maximum atomic E-state index is 12.6. The highest BCUT2D eigenvalue weighted by Crippen LogP contribution is 2.18. The molecule has 0 bridgehead atoms. The first-order valence-corrected chi connectivity index (χ1v) is 8.67. The number of aryl methyl sites for hydroxylation is 1. The van der Waals surface area contributed by atoms with E-state index in [1.807, 2.05) is 25.1 Å². The molecule has 1 heterocycles. The van der Waals surface area contributed by atoms with E-state index in [9.17, 15) is 13.2 Å². The molecule has 7 heteroatoms. The van der Waals surface area contributed by atoms with Crippen molar-refractivity contribution in [1.82, 2.24) is 9.21 Å². The average molecular weight is 321 g/mol. The maximum absolute atomic E-state index is 12.6. The summed E-state index contributed by atoms with van der Waals surface area (Å²) in [5, 5.41) is 8.54. The van der Waals surface area contributed by atoms with E-state index in [-0.39, 0.29) is 30.3 Å². The largest absolute Gasteiger partial charge is 0.339 e. The van der Waals surface area contributed by atoms with Gasteiger partial charge in [-0.25, -0.2) is 8.42 Å². The minimum atomic E-state index is -3.52. The Labute approximate surface area is 131 Å². The minimum absolute atomic E-state index is 0.161. The summed E-state index contributed by atoms with van der Waals surface area (Å²) in [6, 6.07) is 8.71. The zero-order chi connectivity index (χ0) is 16.2. The van der Waals surface area contributed by atoms with Gasteiger partial charge in [-0.15, -0.1) is 0 Å². The lowest BCUT2D eigenvalue weighted by atomic mass is 10.2. The van der Waals surface area contributed by atoms with Crippen LogP contribution in [-0.4, -0.2) is 49.7 Å². The first-order valence-electron chi connectivity index (χ1n) is 7.23. The molecule has 0 N–H and O–H groups in total. The van der Waals surface area contributed by atoms with E-state index in [4.69, 9.17) is 5.26 Å². The number of nitriles is 1. The van der Waals surface area contributed by atoms with Crippen molar-refractivity contribution in [3.63, 3.8) is 0 Å². The summed E-state index contributed by atoms with van der Waals surface area (Å²) in [5.41, 5.74) is 1.09. The number of hydrogen-bond donors (Lipinski definition) is 0. The van der Waals surface area contributed by atoms with Gasteiger partial charge in [0.05, 0.1) is 11.0 Å². The number of nitrogens with zero attached hydrogens (tertiary/aromatic N) is 3. The molecule has 0 spiro atoms. The fourth-order valence-electron chi connectivity index (χ4n) is 2.40. The third-order valence-corrected chi connectivity index (χ3v) is 5.70. The molecule has 0 radical (unpaired) electrons. The fourth-order valence-corrected chi connectivity index (χ4v) is 3.83. The Morgan fingerprint density at radius 1 is 1.18 bits per heavy atom. The van der Waals surface area contributed by atoms with Gasteiger partial charge >= 0.3 is 0 Å². The van der Waals surface area contributed by atoms with Crippen molar-refractivity contribution in [1.29, 1.82) is 5.26 Å². The molecule has 0 atom stereocenters. The van der Waals surface area contributed by atoms with Crippen LogP contribution in [0.5, 0.6) is 0 Å². The predicted octanol–water partition coefficient (Wildman–Crippen LogP) is 0.996. The second kappa shape index (κ2) is 6.90. The number of amides is 1. The molecule has 1 aromatic rings. The van der Waals surface area contributed by atoms with Crippen LogP contribution < -0.4 is 0 Å². The lowest BCUT2D eigenvalue weighted by Gasteiger charge is -2.33. The Kier molecular flexibility index (Phi) is 5.16. The molecule has 1 amide bonds. The quantitative estimate of drug-likeness (QED) is 0.828. The summed E-state index contributed by atoms with van der Waals surface area (Å²) in [7, 11) is -3.52. The Hall–Kier alpha value is -1.91. The van der Waals surface area contributed by atoms with Gasteiger partial charge in [0, 0.05) is 26.2 Å². The molecule has 22 heavy (non-hydrogen) atoms. The average Bonchev–Trinajstić information content (AvgIpc) is 2.55. The van der Waals surface area contributed by atoms with Gasteiger partial charge in [-0.05, 0) is 24.1 Å². The first-order chi connectivity index (χ1) is 10.5. The maximum Gasteiger partial charge on any atom is 0.243 e. The summed E-state index contributed by atoms with van der Waals surface area (Å²) in [4.78, 5) is 13.4. The second-order valence-electron chi connectivity index (χ2n) is 5.12. The Morgan fingerprint density at radius 3 is 2.27 bits per heavy atom. The summed E-state index contributed by atoms with van der Waals surface area (Å²) in [5.74, 6) is -0.244. The molecule has 118 valence electrons.